The highest BCUT2D eigenvalue weighted by Crippen LogP contribution is 2.22. The maximum atomic E-state index is 11.0. The van der Waals surface area contributed by atoms with Crippen molar-refractivity contribution in [2.45, 2.75) is 19.8 Å². The second-order valence-corrected chi connectivity index (χ2v) is 8.25. The Morgan fingerprint density at radius 3 is 2.49 bits per heavy atom. The molecule has 3 aromatic carbocycles. The van der Waals surface area contributed by atoms with Gasteiger partial charge in [-0.25, -0.2) is 0 Å². The molecule has 3 aromatic rings. The SMILES string of the molecule is Cc1c(CC(=O)O)cccc1OCCON=C(CN1CCC=N1)c1ccc(-c2ccccc2)cc1. The van der Waals surface area contributed by atoms with Gasteiger partial charge in [-0.15, -0.1) is 0 Å². The van der Waals surface area contributed by atoms with Crippen molar-refractivity contribution < 1.29 is 19.5 Å². The maximum absolute atomic E-state index is 11.0. The first-order valence-electron chi connectivity index (χ1n) is 11.7. The van der Waals surface area contributed by atoms with E-state index in [4.69, 9.17) is 14.7 Å². The molecular formula is C28H29N3O4. The number of nitrogens with zero attached hydrogens (tertiary/aromatic N) is 3. The van der Waals surface area contributed by atoms with Crippen LogP contribution in [0, 0.1) is 6.92 Å². The minimum absolute atomic E-state index is 0.0325. The van der Waals surface area contributed by atoms with E-state index in [1.165, 1.54) is 0 Å². The molecule has 180 valence electrons. The van der Waals surface area contributed by atoms with Gasteiger partial charge in [-0.05, 0) is 35.2 Å². The summed E-state index contributed by atoms with van der Waals surface area (Å²) in [6.07, 6.45) is 2.80. The average Bonchev–Trinajstić information content (AvgIpc) is 3.39. The Morgan fingerprint density at radius 2 is 1.77 bits per heavy atom. The Kier molecular flexibility index (Phi) is 8.12. The van der Waals surface area contributed by atoms with Crippen LogP contribution in [0.15, 0.2) is 83.1 Å². The highest BCUT2D eigenvalue weighted by molar-refractivity contribution is 6.02. The molecule has 0 amide bonds. The van der Waals surface area contributed by atoms with E-state index in [2.05, 4.69) is 46.7 Å². The van der Waals surface area contributed by atoms with E-state index in [0.29, 0.717) is 18.9 Å². The van der Waals surface area contributed by atoms with Crippen LogP contribution in [-0.2, 0) is 16.1 Å². The third-order valence-electron chi connectivity index (χ3n) is 5.76. The molecule has 1 aliphatic heterocycles. The monoisotopic (exact) mass is 471 g/mol. The molecule has 0 aromatic heterocycles. The number of hydrogen-bond acceptors (Lipinski definition) is 6. The van der Waals surface area contributed by atoms with Gasteiger partial charge in [0.05, 0.1) is 13.0 Å². The summed E-state index contributed by atoms with van der Waals surface area (Å²) in [4.78, 5) is 16.7. The summed E-state index contributed by atoms with van der Waals surface area (Å²) in [6.45, 7) is 3.83. The van der Waals surface area contributed by atoms with Gasteiger partial charge in [0.2, 0.25) is 0 Å². The van der Waals surface area contributed by atoms with E-state index >= 15 is 0 Å². The Bertz CT molecular complexity index is 1190. The molecule has 0 radical (unpaired) electrons. The number of ether oxygens (including phenoxy) is 1. The first-order valence-corrected chi connectivity index (χ1v) is 11.7. The van der Waals surface area contributed by atoms with E-state index in [1.54, 1.807) is 12.1 Å². The lowest BCUT2D eigenvalue weighted by Gasteiger charge is -2.16. The largest absolute Gasteiger partial charge is 0.490 e. The van der Waals surface area contributed by atoms with Crippen LogP contribution < -0.4 is 4.74 Å². The minimum Gasteiger partial charge on any atom is -0.490 e. The van der Waals surface area contributed by atoms with E-state index in [-0.39, 0.29) is 13.0 Å². The Morgan fingerprint density at radius 1 is 1.00 bits per heavy atom. The molecule has 0 spiro atoms. The van der Waals surface area contributed by atoms with Crippen LogP contribution >= 0.6 is 0 Å². The lowest BCUT2D eigenvalue weighted by molar-refractivity contribution is -0.136. The Hall–Kier alpha value is -4.13. The topological polar surface area (TPSA) is 83.7 Å². The first-order chi connectivity index (χ1) is 17.1. The Labute approximate surface area is 205 Å². The van der Waals surface area contributed by atoms with Crippen LogP contribution in [0.1, 0.15) is 23.1 Å². The first kappa shape index (κ1) is 24.0. The van der Waals surface area contributed by atoms with Crippen LogP contribution in [-0.4, -0.2) is 54.3 Å². The molecule has 7 nitrogen and oxygen atoms in total. The zero-order valence-corrected chi connectivity index (χ0v) is 19.8. The van der Waals surface area contributed by atoms with Gasteiger partial charge in [-0.1, -0.05) is 71.9 Å². The predicted molar refractivity (Wildman–Crippen MR) is 137 cm³/mol. The molecule has 0 aliphatic carbocycles. The molecule has 0 saturated heterocycles. The Balaban J connectivity index is 1.39. The van der Waals surface area contributed by atoms with Crippen molar-refractivity contribution in [3.63, 3.8) is 0 Å². The van der Waals surface area contributed by atoms with Crippen molar-refractivity contribution >= 4 is 17.9 Å². The number of rotatable bonds is 11. The minimum atomic E-state index is -0.866. The number of benzene rings is 3. The summed E-state index contributed by atoms with van der Waals surface area (Å²) in [6, 6.07) is 24.0. The van der Waals surface area contributed by atoms with Gasteiger partial charge in [0, 0.05) is 24.7 Å². The fourth-order valence-electron chi connectivity index (χ4n) is 3.87. The smallest absolute Gasteiger partial charge is 0.307 e. The van der Waals surface area contributed by atoms with Crippen molar-refractivity contribution in [1.29, 1.82) is 0 Å². The van der Waals surface area contributed by atoms with Crippen LogP contribution in [0.25, 0.3) is 11.1 Å². The molecule has 35 heavy (non-hydrogen) atoms. The van der Waals surface area contributed by atoms with Crippen LogP contribution in [0.5, 0.6) is 5.75 Å². The molecular weight excluding hydrogens is 442 g/mol. The zero-order chi connectivity index (χ0) is 24.5. The van der Waals surface area contributed by atoms with E-state index < -0.39 is 5.97 Å². The third-order valence-corrected chi connectivity index (χ3v) is 5.76. The molecule has 0 atom stereocenters. The second kappa shape index (κ2) is 11.8. The second-order valence-electron chi connectivity index (χ2n) is 8.25. The molecule has 0 unspecified atom stereocenters. The van der Waals surface area contributed by atoms with Gasteiger partial charge in [-0.3, -0.25) is 9.80 Å². The standard InChI is InChI=1S/C28H29N3O4/c1-21-25(19-28(32)33)9-5-10-27(21)34-17-18-35-30-26(20-31-16-6-15-29-31)24-13-11-23(12-14-24)22-7-3-2-4-8-22/h2-5,7-15H,6,16-20H2,1H3,(H,32,33). The van der Waals surface area contributed by atoms with Crippen molar-refractivity contribution in [3.05, 3.63) is 89.5 Å². The van der Waals surface area contributed by atoms with Gasteiger partial charge in [0.15, 0.2) is 6.61 Å². The van der Waals surface area contributed by atoms with Gasteiger partial charge in [-0.2, -0.15) is 5.10 Å². The zero-order valence-electron chi connectivity index (χ0n) is 19.8. The third kappa shape index (κ3) is 6.69. The number of hydrogen-bond donors (Lipinski definition) is 1. The molecule has 7 heteroatoms. The highest BCUT2D eigenvalue weighted by atomic mass is 16.6. The number of aliphatic carboxylic acids is 1. The number of carbonyl (C=O) groups is 1. The van der Waals surface area contributed by atoms with Gasteiger partial charge >= 0.3 is 5.97 Å². The summed E-state index contributed by atoms with van der Waals surface area (Å²) < 4.78 is 5.82. The van der Waals surface area contributed by atoms with Crippen molar-refractivity contribution in [3.8, 4) is 16.9 Å². The maximum Gasteiger partial charge on any atom is 0.307 e. The van der Waals surface area contributed by atoms with E-state index in [1.807, 2.05) is 42.4 Å². The molecule has 1 N–H and O–H groups in total. The molecule has 1 aliphatic rings. The fraction of sp³-hybridized carbons (Fsp3) is 0.250. The van der Waals surface area contributed by atoms with Gasteiger partial charge < -0.3 is 14.7 Å². The summed E-state index contributed by atoms with van der Waals surface area (Å²) >= 11 is 0. The molecule has 0 bridgehead atoms. The summed E-state index contributed by atoms with van der Waals surface area (Å²) in [7, 11) is 0. The summed E-state index contributed by atoms with van der Waals surface area (Å²) in [5.41, 5.74) is 5.64. The van der Waals surface area contributed by atoms with Gasteiger partial charge in [0.25, 0.3) is 0 Å². The van der Waals surface area contributed by atoms with Crippen LogP contribution in [0.4, 0.5) is 0 Å². The van der Waals surface area contributed by atoms with Crippen molar-refractivity contribution in [1.82, 2.24) is 5.01 Å². The number of oxime groups is 1. The quantitative estimate of drug-likeness (QED) is 0.247. The molecule has 0 saturated carbocycles. The van der Waals surface area contributed by atoms with Crippen molar-refractivity contribution in [2.75, 3.05) is 26.3 Å². The van der Waals surface area contributed by atoms with E-state index in [0.717, 1.165) is 46.5 Å². The van der Waals surface area contributed by atoms with Crippen LogP contribution in [0.2, 0.25) is 0 Å². The molecule has 0 fully saturated rings. The number of hydrazone groups is 1. The molecule has 4 rings (SSSR count). The summed E-state index contributed by atoms with van der Waals surface area (Å²) in [5, 5.41) is 19.8. The van der Waals surface area contributed by atoms with E-state index in [9.17, 15) is 4.79 Å². The summed E-state index contributed by atoms with van der Waals surface area (Å²) in [5.74, 6) is -0.214. The van der Waals surface area contributed by atoms with Crippen LogP contribution in [0.3, 0.4) is 0 Å². The predicted octanol–water partition coefficient (Wildman–Crippen LogP) is 4.78. The van der Waals surface area contributed by atoms with Gasteiger partial charge in [0.1, 0.15) is 18.1 Å². The lowest BCUT2D eigenvalue weighted by atomic mass is 10.0. The average molecular weight is 472 g/mol. The number of carboxylic acids is 1. The fourth-order valence-corrected chi connectivity index (χ4v) is 3.87. The molecule has 1 heterocycles. The highest BCUT2D eigenvalue weighted by Gasteiger charge is 2.13. The normalized spacial score (nSPS) is 13.2. The number of carboxylic acid groups (broad SMARTS) is 1. The lowest BCUT2D eigenvalue weighted by Crippen LogP contribution is -2.24. The van der Waals surface area contributed by atoms with Crippen molar-refractivity contribution in [2.24, 2.45) is 10.3 Å².